The Bertz CT molecular complexity index is 605. The number of rotatable bonds is 1. The van der Waals surface area contributed by atoms with Crippen molar-refractivity contribution in [2.24, 2.45) is 0 Å². The number of thioether (sulfide) groups is 1. The highest BCUT2D eigenvalue weighted by Crippen LogP contribution is 2.32. The van der Waals surface area contributed by atoms with E-state index in [-0.39, 0.29) is 5.56 Å². The number of hydrogen-bond acceptors (Lipinski definition) is 3. The zero-order valence-electron chi connectivity index (χ0n) is 9.01. The molecule has 0 bridgehead atoms. The average molecular weight is 232 g/mol. The molecule has 0 fully saturated rings. The molecule has 1 aliphatic rings. The summed E-state index contributed by atoms with van der Waals surface area (Å²) < 4.78 is 1.85. The van der Waals surface area contributed by atoms with Gasteiger partial charge in [0.25, 0.3) is 5.56 Å². The number of benzene rings is 1. The summed E-state index contributed by atoms with van der Waals surface area (Å²) in [6, 6.07) is 7.87. The van der Waals surface area contributed by atoms with Gasteiger partial charge in [0, 0.05) is 11.8 Å². The van der Waals surface area contributed by atoms with Crippen LogP contribution in [0.3, 0.4) is 0 Å². The minimum Gasteiger partial charge on any atom is -0.283 e. The quantitative estimate of drug-likeness (QED) is 0.708. The van der Waals surface area contributed by atoms with Gasteiger partial charge in [-0.25, -0.2) is 4.98 Å². The van der Waals surface area contributed by atoms with Crippen LogP contribution in [0.25, 0.3) is 10.9 Å². The van der Waals surface area contributed by atoms with Gasteiger partial charge in [0.15, 0.2) is 5.16 Å². The van der Waals surface area contributed by atoms with Gasteiger partial charge in [-0.2, -0.15) is 0 Å². The van der Waals surface area contributed by atoms with Crippen LogP contribution < -0.4 is 5.56 Å². The van der Waals surface area contributed by atoms with Crippen LogP contribution in [0.5, 0.6) is 0 Å². The summed E-state index contributed by atoms with van der Waals surface area (Å²) in [6.45, 7) is 2.11. The molecule has 4 heteroatoms. The number of hydrogen-bond donors (Lipinski definition) is 0. The van der Waals surface area contributed by atoms with Gasteiger partial charge in [-0.3, -0.25) is 9.36 Å². The molecule has 3 rings (SSSR count). The summed E-state index contributed by atoms with van der Waals surface area (Å²) >= 11 is 1.68. The van der Waals surface area contributed by atoms with E-state index < -0.39 is 0 Å². The van der Waals surface area contributed by atoms with Gasteiger partial charge in [-0.15, -0.1) is 0 Å². The van der Waals surface area contributed by atoms with Gasteiger partial charge in [-0.05, 0) is 18.6 Å². The van der Waals surface area contributed by atoms with Crippen LogP contribution in [0.1, 0.15) is 19.4 Å². The van der Waals surface area contributed by atoms with E-state index in [1.54, 1.807) is 11.8 Å². The topological polar surface area (TPSA) is 34.9 Å². The maximum atomic E-state index is 12.3. The summed E-state index contributed by atoms with van der Waals surface area (Å²) in [4.78, 5) is 16.8. The molecule has 1 aromatic carbocycles. The fourth-order valence-corrected chi connectivity index (χ4v) is 3.36. The molecule has 1 atom stereocenters. The van der Waals surface area contributed by atoms with Crippen molar-refractivity contribution in [1.82, 2.24) is 9.55 Å². The molecule has 0 aliphatic carbocycles. The molecule has 0 radical (unpaired) electrons. The second-order valence-electron chi connectivity index (χ2n) is 3.96. The lowest BCUT2D eigenvalue weighted by Crippen LogP contribution is -2.24. The molecular weight excluding hydrogens is 220 g/mol. The number of fused-ring (bicyclic) bond motifs is 2. The highest BCUT2D eigenvalue weighted by atomic mass is 32.2. The predicted molar refractivity (Wildman–Crippen MR) is 66.1 cm³/mol. The lowest BCUT2D eigenvalue weighted by Gasteiger charge is -2.10. The normalized spacial score (nSPS) is 18.9. The summed E-state index contributed by atoms with van der Waals surface area (Å²) in [5.74, 6) is 0.967. The summed E-state index contributed by atoms with van der Waals surface area (Å²) in [5.41, 5.74) is 0.917. The maximum absolute atomic E-state index is 12.3. The van der Waals surface area contributed by atoms with Crippen molar-refractivity contribution in [3.63, 3.8) is 0 Å². The molecule has 2 aromatic rings. The largest absolute Gasteiger partial charge is 0.283 e. The van der Waals surface area contributed by atoms with E-state index in [9.17, 15) is 4.79 Å². The first-order valence-electron chi connectivity index (χ1n) is 5.45. The maximum Gasteiger partial charge on any atom is 0.262 e. The standard InChI is InChI=1S/C12H12N2OS/c1-2-8-7-16-12-13-10-6-4-3-5-9(10)11(15)14(8)12/h3-6,8H,2,7H2,1H3. The van der Waals surface area contributed by atoms with Gasteiger partial charge in [0.2, 0.25) is 0 Å². The van der Waals surface area contributed by atoms with Crippen molar-refractivity contribution >= 4 is 22.7 Å². The van der Waals surface area contributed by atoms with Gasteiger partial charge in [0.1, 0.15) is 0 Å². The first-order chi connectivity index (χ1) is 7.81. The third-order valence-corrected chi connectivity index (χ3v) is 4.11. The monoisotopic (exact) mass is 232 g/mol. The summed E-state index contributed by atoms with van der Waals surface area (Å²) in [5, 5.41) is 1.60. The molecule has 1 aliphatic heterocycles. The van der Waals surface area contributed by atoms with Gasteiger partial charge >= 0.3 is 0 Å². The molecule has 0 amide bonds. The van der Waals surface area contributed by atoms with E-state index in [1.165, 1.54) is 0 Å². The van der Waals surface area contributed by atoms with Gasteiger partial charge in [0.05, 0.1) is 10.9 Å². The lowest BCUT2D eigenvalue weighted by molar-refractivity contribution is 0.496. The average Bonchev–Trinajstić information content (AvgIpc) is 2.72. The van der Waals surface area contributed by atoms with Crippen molar-refractivity contribution in [2.45, 2.75) is 24.5 Å². The highest BCUT2D eigenvalue weighted by molar-refractivity contribution is 7.99. The third kappa shape index (κ3) is 1.29. The van der Waals surface area contributed by atoms with Crippen molar-refractivity contribution in [1.29, 1.82) is 0 Å². The molecule has 0 spiro atoms. The van der Waals surface area contributed by atoms with Crippen LogP contribution in [0.4, 0.5) is 0 Å². The molecule has 2 heterocycles. The van der Waals surface area contributed by atoms with Crippen LogP contribution in [-0.2, 0) is 0 Å². The zero-order valence-corrected chi connectivity index (χ0v) is 9.83. The fraction of sp³-hybridized carbons (Fsp3) is 0.333. The first-order valence-corrected chi connectivity index (χ1v) is 6.44. The van der Waals surface area contributed by atoms with Crippen LogP contribution >= 0.6 is 11.8 Å². The summed E-state index contributed by atoms with van der Waals surface area (Å²) in [6.07, 6.45) is 0.986. The van der Waals surface area contributed by atoms with Gasteiger partial charge < -0.3 is 0 Å². The van der Waals surface area contributed by atoms with Crippen LogP contribution in [0.15, 0.2) is 34.2 Å². The Morgan fingerprint density at radius 1 is 1.50 bits per heavy atom. The second kappa shape index (κ2) is 3.63. The van der Waals surface area contributed by atoms with E-state index in [0.29, 0.717) is 6.04 Å². The smallest absolute Gasteiger partial charge is 0.262 e. The molecular formula is C12H12N2OS. The Labute approximate surface area is 97.5 Å². The number of nitrogens with zero attached hydrogens (tertiary/aromatic N) is 2. The molecule has 1 aromatic heterocycles. The Morgan fingerprint density at radius 3 is 3.12 bits per heavy atom. The van der Waals surface area contributed by atoms with Crippen LogP contribution in [0, 0.1) is 0 Å². The molecule has 0 saturated carbocycles. The minimum atomic E-state index is 0.109. The van der Waals surface area contributed by atoms with Gasteiger partial charge in [-0.1, -0.05) is 30.8 Å². The van der Waals surface area contributed by atoms with Crippen LogP contribution in [0.2, 0.25) is 0 Å². The zero-order chi connectivity index (χ0) is 11.1. The molecule has 0 saturated heterocycles. The van der Waals surface area contributed by atoms with E-state index >= 15 is 0 Å². The molecule has 1 unspecified atom stereocenters. The van der Waals surface area contributed by atoms with E-state index in [0.717, 1.165) is 28.2 Å². The van der Waals surface area contributed by atoms with Crippen molar-refractivity contribution in [2.75, 3.05) is 5.75 Å². The number of para-hydroxylation sites is 1. The fourth-order valence-electron chi connectivity index (χ4n) is 2.10. The Kier molecular flexibility index (Phi) is 2.24. The molecule has 82 valence electrons. The molecule has 0 N–H and O–H groups in total. The first kappa shape index (κ1) is 9.90. The SMILES string of the molecule is CCC1CSc2nc3ccccc3c(=O)n21. The molecule has 16 heavy (non-hydrogen) atoms. The van der Waals surface area contributed by atoms with E-state index in [2.05, 4.69) is 11.9 Å². The van der Waals surface area contributed by atoms with Crippen molar-refractivity contribution in [3.05, 3.63) is 34.6 Å². The highest BCUT2D eigenvalue weighted by Gasteiger charge is 2.24. The Hall–Kier alpha value is -1.29. The van der Waals surface area contributed by atoms with E-state index in [4.69, 9.17) is 0 Å². The predicted octanol–water partition coefficient (Wildman–Crippen LogP) is 2.45. The second-order valence-corrected chi connectivity index (χ2v) is 4.95. The number of aromatic nitrogens is 2. The third-order valence-electron chi connectivity index (χ3n) is 3.02. The Balaban J connectivity index is 2.37. The lowest BCUT2D eigenvalue weighted by atomic mass is 10.2. The van der Waals surface area contributed by atoms with Crippen molar-refractivity contribution < 1.29 is 0 Å². The minimum absolute atomic E-state index is 0.109. The van der Waals surface area contributed by atoms with Crippen molar-refractivity contribution in [3.8, 4) is 0 Å². The van der Waals surface area contributed by atoms with E-state index in [1.807, 2.05) is 28.8 Å². The summed E-state index contributed by atoms with van der Waals surface area (Å²) in [7, 11) is 0. The molecule has 3 nitrogen and oxygen atoms in total. The Morgan fingerprint density at radius 2 is 2.31 bits per heavy atom. The van der Waals surface area contributed by atoms with Crippen LogP contribution in [-0.4, -0.2) is 15.3 Å².